The molecule has 9 heteroatoms. The zero-order chi connectivity index (χ0) is 19.8. The second kappa shape index (κ2) is 7.89. The van der Waals surface area contributed by atoms with Crippen molar-refractivity contribution in [2.75, 3.05) is 45.8 Å². The second-order valence-electron chi connectivity index (χ2n) is 8.08. The third-order valence-corrected chi connectivity index (χ3v) is 7.62. The highest BCUT2D eigenvalue weighted by molar-refractivity contribution is 7.89. The van der Waals surface area contributed by atoms with Crippen LogP contribution in [0.25, 0.3) is 0 Å². The number of nitrogens with zero attached hydrogens (tertiary/aromatic N) is 4. The Morgan fingerprint density at radius 2 is 1.70 bits per heavy atom. The first-order valence-corrected chi connectivity index (χ1v) is 11.1. The lowest BCUT2D eigenvalue weighted by molar-refractivity contribution is -0.135. The SMILES string of the molecule is Cc1noc(C)c1S(=O)(=O)N1CCN(CC(=O)N2CC(C)CC(C)C2)CC1. The van der Waals surface area contributed by atoms with Crippen LogP contribution in [0.2, 0.25) is 0 Å². The van der Waals surface area contributed by atoms with E-state index < -0.39 is 10.0 Å². The smallest absolute Gasteiger partial charge is 0.248 e. The van der Waals surface area contributed by atoms with Gasteiger partial charge in [-0.05, 0) is 32.1 Å². The van der Waals surface area contributed by atoms with E-state index in [1.807, 2.05) is 9.80 Å². The number of carbonyl (C=O) groups excluding carboxylic acids is 1. The number of aromatic nitrogens is 1. The zero-order valence-corrected chi connectivity index (χ0v) is 17.5. The molecular weight excluding hydrogens is 368 g/mol. The number of amides is 1. The average Bonchev–Trinajstić information content (AvgIpc) is 2.93. The Bertz CT molecular complexity index is 754. The Labute approximate surface area is 161 Å². The van der Waals surface area contributed by atoms with E-state index in [1.165, 1.54) is 10.7 Å². The molecule has 2 aliphatic heterocycles. The number of carbonyl (C=O) groups is 1. The maximum atomic E-state index is 12.9. The molecule has 3 rings (SSSR count). The molecule has 1 amide bonds. The van der Waals surface area contributed by atoms with Gasteiger partial charge in [-0.2, -0.15) is 4.31 Å². The molecular formula is C18H30N4O4S. The molecule has 2 unspecified atom stereocenters. The predicted molar refractivity (Wildman–Crippen MR) is 101 cm³/mol. The van der Waals surface area contributed by atoms with Crippen LogP contribution in [-0.2, 0) is 14.8 Å². The van der Waals surface area contributed by atoms with E-state index in [0.29, 0.717) is 56.0 Å². The summed E-state index contributed by atoms with van der Waals surface area (Å²) in [6, 6.07) is 0. The third-order valence-electron chi connectivity index (χ3n) is 5.48. The quantitative estimate of drug-likeness (QED) is 0.755. The molecule has 0 N–H and O–H groups in total. The molecule has 0 aliphatic carbocycles. The van der Waals surface area contributed by atoms with E-state index in [9.17, 15) is 13.2 Å². The van der Waals surface area contributed by atoms with Crippen molar-refractivity contribution in [1.82, 2.24) is 19.3 Å². The van der Waals surface area contributed by atoms with Crippen LogP contribution in [0.1, 0.15) is 31.7 Å². The van der Waals surface area contributed by atoms with E-state index in [0.717, 1.165) is 13.1 Å². The highest BCUT2D eigenvalue weighted by atomic mass is 32.2. The van der Waals surface area contributed by atoms with Crippen molar-refractivity contribution < 1.29 is 17.7 Å². The van der Waals surface area contributed by atoms with E-state index in [-0.39, 0.29) is 10.8 Å². The lowest BCUT2D eigenvalue weighted by Gasteiger charge is -2.38. The molecule has 0 radical (unpaired) electrons. The summed E-state index contributed by atoms with van der Waals surface area (Å²) in [6.45, 7) is 11.5. The van der Waals surface area contributed by atoms with Crippen LogP contribution in [0, 0.1) is 25.7 Å². The minimum Gasteiger partial charge on any atom is -0.360 e. The summed E-state index contributed by atoms with van der Waals surface area (Å²) < 4.78 is 32.2. The fraction of sp³-hybridized carbons (Fsp3) is 0.778. The van der Waals surface area contributed by atoms with Crippen molar-refractivity contribution in [2.24, 2.45) is 11.8 Å². The van der Waals surface area contributed by atoms with Gasteiger partial charge in [-0.3, -0.25) is 9.69 Å². The van der Waals surface area contributed by atoms with Gasteiger partial charge in [-0.1, -0.05) is 19.0 Å². The lowest BCUT2D eigenvalue weighted by Crippen LogP contribution is -2.53. The van der Waals surface area contributed by atoms with E-state index in [4.69, 9.17) is 4.52 Å². The van der Waals surface area contributed by atoms with Gasteiger partial charge < -0.3 is 9.42 Å². The second-order valence-corrected chi connectivity index (χ2v) is 9.95. The molecule has 0 spiro atoms. The van der Waals surface area contributed by atoms with Crippen molar-refractivity contribution in [1.29, 1.82) is 0 Å². The van der Waals surface area contributed by atoms with Gasteiger partial charge >= 0.3 is 0 Å². The molecule has 1 aromatic heterocycles. The van der Waals surface area contributed by atoms with Gasteiger partial charge in [0.15, 0.2) is 5.76 Å². The first-order valence-electron chi connectivity index (χ1n) is 9.61. The Morgan fingerprint density at radius 1 is 1.11 bits per heavy atom. The van der Waals surface area contributed by atoms with Crippen LogP contribution in [0.4, 0.5) is 0 Å². The zero-order valence-electron chi connectivity index (χ0n) is 16.6. The Morgan fingerprint density at radius 3 is 2.22 bits per heavy atom. The standard InChI is InChI=1S/C18H30N4O4S/c1-13-9-14(2)11-21(10-13)17(23)12-20-5-7-22(8-6-20)27(24,25)18-15(3)19-26-16(18)4/h13-14H,5-12H2,1-4H3. The summed E-state index contributed by atoms with van der Waals surface area (Å²) in [5, 5.41) is 3.75. The highest BCUT2D eigenvalue weighted by Gasteiger charge is 2.34. The lowest BCUT2D eigenvalue weighted by atomic mass is 9.92. The Kier molecular flexibility index (Phi) is 5.93. The van der Waals surface area contributed by atoms with Gasteiger partial charge in [-0.15, -0.1) is 0 Å². The largest absolute Gasteiger partial charge is 0.360 e. The summed E-state index contributed by atoms with van der Waals surface area (Å²) in [5.41, 5.74) is 0.387. The summed E-state index contributed by atoms with van der Waals surface area (Å²) >= 11 is 0. The molecule has 1 aromatic rings. The fourth-order valence-electron chi connectivity index (χ4n) is 4.26. The van der Waals surface area contributed by atoms with Gasteiger partial charge in [0.25, 0.3) is 0 Å². The van der Waals surface area contributed by atoms with E-state index >= 15 is 0 Å². The number of hydrogen-bond acceptors (Lipinski definition) is 6. The monoisotopic (exact) mass is 398 g/mol. The van der Waals surface area contributed by atoms with Crippen molar-refractivity contribution in [2.45, 2.75) is 39.0 Å². The number of piperidine rings is 1. The molecule has 2 aliphatic rings. The van der Waals surface area contributed by atoms with Gasteiger partial charge in [0, 0.05) is 39.3 Å². The molecule has 2 fully saturated rings. The fourth-order valence-corrected chi connectivity index (χ4v) is 5.97. The first-order chi connectivity index (χ1) is 12.7. The van der Waals surface area contributed by atoms with Crippen LogP contribution in [0.15, 0.2) is 9.42 Å². The molecule has 2 atom stereocenters. The minimum atomic E-state index is -3.61. The number of aryl methyl sites for hydroxylation is 2. The van der Waals surface area contributed by atoms with Crippen molar-refractivity contribution in [3.05, 3.63) is 11.5 Å². The molecule has 3 heterocycles. The maximum absolute atomic E-state index is 12.9. The number of sulfonamides is 1. The molecule has 2 saturated heterocycles. The minimum absolute atomic E-state index is 0.149. The maximum Gasteiger partial charge on any atom is 0.248 e. The van der Waals surface area contributed by atoms with E-state index in [1.54, 1.807) is 13.8 Å². The van der Waals surface area contributed by atoms with Crippen LogP contribution in [-0.4, -0.2) is 79.4 Å². The molecule has 8 nitrogen and oxygen atoms in total. The molecule has 0 bridgehead atoms. The number of likely N-dealkylation sites (tertiary alicyclic amines) is 1. The number of rotatable bonds is 4. The number of hydrogen-bond donors (Lipinski definition) is 0. The van der Waals surface area contributed by atoms with Crippen molar-refractivity contribution >= 4 is 15.9 Å². The number of piperazine rings is 1. The molecule has 0 saturated carbocycles. The van der Waals surface area contributed by atoms with E-state index in [2.05, 4.69) is 19.0 Å². The summed E-state index contributed by atoms with van der Waals surface area (Å²) in [7, 11) is -3.61. The van der Waals surface area contributed by atoms with Crippen LogP contribution in [0.5, 0.6) is 0 Å². The highest BCUT2D eigenvalue weighted by Crippen LogP contribution is 2.24. The third kappa shape index (κ3) is 4.35. The van der Waals surface area contributed by atoms with Gasteiger partial charge in [0.05, 0.1) is 6.54 Å². The Hall–Kier alpha value is -1.45. The van der Waals surface area contributed by atoms with Crippen molar-refractivity contribution in [3.63, 3.8) is 0 Å². The Balaban J connectivity index is 1.57. The topological polar surface area (TPSA) is 87.0 Å². The van der Waals surface area contributed by atoms with Gasteiger partial charge in [0.2, 0.25) is 15.9 Å². The first kappa shape index (κ1) is 20.3. The van der Waals surface area contributed by atoms with Crippen LogP contribution >= 0.6 is 0 Å². The predicted octanol–water partition coefficient (Wildman–Crippen LogP) is 1.10. The van der Waals surface area contributed by atoms with Crippen molar-refractivity contribution in [3.8, 4) is 0 Å². The average molecular weight is 399 g/mol. The van der Waals surface area contributed by atoms with Gasteiger partial charge in [0.1, 0.15) is 10.6 Å². The van der Waals surface area contributed by atoms with Gasteiger partial charge in [-0.25, -0.2) is 8.42 Å². The molecule has 27 heavy (non-hydrogen) atoms. The summed E-state index contributed by atoms with van der Waals surface area (Å²) in [5.74, 6) is 1.54. The molecule has 152 valence electrons. The summed E-state index contributed by atoms with van der Waals surface area (Å²) in [6.07, 6.45) is 1.17. The molecule has 0 aromatic carbocycles. The normalized spacial score (nSPS) is 25.7. The van der Waals surface area contributed by atoms with Crippen LogP contribution in [0.3, 0.4) is 0 Å². The van der Waals surface area contributed by atoms with Crippen LogP contribution < -0.4 is 0 Å². The summed E-state index contributed by atoms with van der Waals surface area (Å²) in [4.78, 5) is 16.8.